The second-order valence-corrected chi connectivity index (χ2v) is 4.43. The van der Waals surface area contributed by atoms with E-state index >= 15 is 0 Å². The molecule has 1 atom stereocenters. The van der Waals surface area contributed by atoms with Gasteiger partial charge in [-0.15, -0.1) is 0 Å². The Bertz CT molecular complexity index is 327. The van der Waals surface area contributed by atoms with Crippen molar-refractivity contribution in [2.75, 3.05) is 6.54 Å². The number of carbonyl (C=O) groups excluding carboxylic acids is 2. The largest absolute Gasteiger partial charge is 0.481 e. The highest BCUT2D eigenvalue weighted by atomic mass is 16.4. The molecule has 0 spiro atoms. The number of carboxylic acid groups (broad SMARTS) is 1. The van der Waals surface area contributed by atoms with Crippen molar-refractivity contribution < 1.29 is 19.5 Å². The minimum atomic E-state index is -0.932. The number of nitrogens with one attached hydrogen (secondary N) is 1. The Balaban J connectivity index is 2.60. The highest BCUT2D eigenvalue weighted by Gasteiger charge is 2.31. The molecule has 1 saturated heterocycles. The predicted octanol–water partition coefficient (Wildman–Crippen LogP) is -0.0233. The molecule has 0 aliphatic carbocycles. The summed E-state index contributed by atoms with van der Waals surface area (Å²) in [5, 5.41) is 11.2. The zero-order valence-electron chi connectivity index (χ0n) is 10.1. The minimum absolute atomic E-state index is 0.0700. The van der Waals surface area contributed by atoms with Crippen molar-refractivity contribution in [2.45, 2.75) is 45.2 Å². The molecular weight excluding hydrogens is 224 g/mol. The lowest BCUT2D eigenvalue weighted by Crippen LogP contribution is -2.48. The van der Waals surface area contributed by atoms with Crippen molar-refractivity contribution in [1.29, 1.82) is 0 Å². The van der Waals surface area contributed by atoms with Gasteiger partial charge in [0.1, 0.15) is 6.04 Å². The summed E-state index contributed by atoms with van der Waals surface area (Å²) in [5.41, 5.74) is 0. The molecule has 96 valence electrons. The van der Waals surface area contributed by atoms with Crippen LogP contribution in [0.25, 0.3) is 0 Å². The first kappa shape index (κ1) is 13.5. The summed E-state index contributed by atoms with van der Waals surface area (Å²) in [5.74, 6) is -1.24. The number of hydrogen-bond acceptors (Lipinski definition) is 3. The Hall–Kier alpha value is -1.59. The molecule has 6 heteroatoms. The van der Waals surface area contributed by atoms with Crippen LogP contribution in [0.5, 0.6) is 0 Å². The van der Waals surface area contributed by atoms with Crippen LogP contribution in [0.3, 0.4) is 0 Å². The molecule has 1 aliphatic heterocycles. The summed E-state index contributed by atoms with van der Waals surface area (Å²) in [6.07, 6.45) is 0.778. The maximum absolute atomic E-state index is 12.1. The van der Waals surface area contributed by atoms with E-state index in [4.69, 9.17) is 5.11 Å². The second kappa shape index (κ2) is 5.65. The van der Waals surface area contributed by atoms with E-state index in [0.29, 0.717) is 12.8 Å². The molecule has 6 nitrogen and oxygen atoms in total. The number of nitrogens with zero attached hydrogens (tertiary/aromatic N) is 1. The van der Waals surface area contributed by atoms with E-state index in [0.717, 1.165) is 0 Å². The maximum atomic E-state index is 12.1. The number of aliphatic carboxylic acids is 1. The molecule has 0 aromatic carbocycles. The molecule has 1 heterocycles. The number of rotatable bonds is 5. The zero-order valence-corrected chi connectivity index (χ0v) is 10.1. The van der Waals surface area contributed by atoms with Crippen LogP contribution in [-0.4, -0.2) is 46.4 Å². The fourth-order valence-corrected chi connectivity index (χ4v) is 1.84. The van der Waals surface area contributed by atoms with Crippen LogP contribution in [-0.2, 0) is 14.4 Å². The molecule has 0 bridgehead atoms. The SMILES string of the molecule is CC(C)N(CCC(=O)O)C(=O)[C@H]1CCC(=O)N1. The van der Waals surface area contributed by atoms with Crippen LogP contribution in [0.4, 0.5) is 0 Å². The number of amides is 2. The number of hydrogen-bond donors (Lipinski definition) is 2. The van der Waals surface area contributed by atoms with Crippen LogP contribution in [0, 0.1) is 0 Å². The summed E-state index contributed by atoms with van der Waals surface area (Å²) in [6.45, 7) is 3.84. The van der Waals surface area contributed by atoms with Crippen molar-refractivity contribution in [3.63, 3.8) is 0 Å². The normalized spacial score (nSPS) is 19.2. The third-order valence-corrected chi connectivity index (χ3v) is 2.77. The maximum Gasteiger partial charge on any atom is 0.305 e. The van der Waals surface area contributed by atoms with Gasteiger partial charge in [-0.3, -0.25) is 14.4 Å². The van der Waals surface area contributed by atoms with Gasteiger partial charge in [-0.05, 0) is 20.3 Å². The molecule has 1 aliphatic rings. The van der Waals surface area contributed by atoms with Gasteiger partial charge in [0.05, 0.1) is 6.42 Å². The third kappa shape index (κ3) is 3.72. The van der Waals surface area contributed by atoms with Crippen LogP contribution in [0.1, 0.15) is 33.1 Å². The topological polar surface area (TPSA) is 86.7 Å². The van der Waals surface area contributed by atoms with Gasteiger partial charge in [-0.1, -0.05) is 0 Å². The molecule has 0 aromatic heterocycles. The average Bonchev–Trinajstić information content (AvgIpc) is 2.63. The van der Waals surface area contributed by atoms with Crippen LogP contribution in [0.2, 0.25) is 0 Å². The smallest absolute Gasteiger partial charge is 0.305 e. The Labute approximate surface area is 100.0 Å². The van der Waals surface area contributed by atoms with Crippen LogP contribution in [0.15, 0.2) is 0 Å². The Kier molecular flexibility index (Phi) is 4.48. The highest BCUT2D eigenvalue weighted by molar-refractivity contribution is 5.91. The fraction of sp³-hybridized carbons (Fsp3) is 0.727. The lowest BCUT2D eigenvalue weighted by atomic mass is 10.1. The molecule has 0 unspecified atom stereocenters. The molecule has 2 N–H and O–H groups in total. The Morgan fingerprint density at radius 3 is 2.59 bits per heavy atom. The summed E-state index contributed by atoms with van der Waals surface area (Å²) in [4.78, 5) is 35.1. The van der Waals surface area contributed by atoms with Gasteiger partial charge in [0.15, 0.2) is 0 Å². The van der Waals surface area contributed by atoms with E-state index in [9.17, 15) is 14.4 Å². The first-order valence-electron chi connectivity index (χ1n) is 5.73. The van der Waals surface area contributed by atoms with E-state index in [1.807, 2.05) is 13.8 Å². The molecule has 1 rings (SSSR count). The predicted molar refractivity (Wildman–Crippen MR) is 60.3 cm³/mol. The van der Waals surface area contributed by atoms with Gasteiger partial charge in [-0.25, -0.2) is 0 Å². The number of carbonyl (C=O) groups is 3. The molecule has 0 saturated carbocycles. The lowest BCUT2D eigenvalue weighted by Gasteiger charge is -2.28. The van der Waals surface area contributed by atoms with Gasteiger partial charge in [-0.2, -0.15) is 0 Å². The van der Waals surface area contributed by atoms with Gasteiger partial charge in [0.2, 0.25) is 11.8 Å². The summed E-state index contributed by atoms with van der Waals surface area (Å²) >= 11 is 0. The van der Waals surface area contributed by atoms with Crippen molar-refractivity contribution in [1.82, 2.24) is 10.2 Å². The highest BCUT2D eigenvalue weighted by Crippen LogP contribution is 2.12. The Morgan fingerprint density at radius 1 is 1.53 bits per heavy atom. The molecule has 2 amide bonds. The van der Waals surface area contributed by atoms with E-state index in [1.165, 1.54) is 4.90 Å². The minimum Gasteiger partial charge on any atom is -0.481 e. The monoisotopic (exact) mass is 242 g/mol. The van der Waals surface area contributed by atoms with E-state index < -0.39 is 12.0 Å². The van der Waals surface area contributed by atoms with E-state index in [-0.39, 0.29) is 30.8 Å². The summed E-state index contributed by atoms with van der Waals surface area (Å²) in [7, 11) is 0. The third-order valence-electron chi connectivity index (χ3n) is 2.77. The fourth-order valence-electron chi connectivity index (χ4n) is 1.84. The van der Waals surface area contributed by atoms with Gasteiger partial charge in [0, 0.05) is 19.0 Å². The second-order valence-electron chi connectivity index (χ2n) is 4.43. The van der Waals surface area contributed by atoms with Crippen LogP contribution >= 0.6 is 0 Å². The molecule has 1 fully saturated rings. The van der Waals surface area contributed by atoms with E-state index in [1.54, 1.807) is 0 Å². The van der Waals surface area contributed by atoms with Crippen molar-refractivity contribution in [2.24, 2.45) is 0 Å². The van der Waals surface area contributed by atoms with Crippen molar-refractivity contribution in [3.05, 3.63) is 0 Å². The molecule has 0 radical (unpaired) electrons. The number of carboxylic acids is 1. The first-order chi connectivity index (χ1) is 7.91. The summed E-state index contributed by atoms with van der Waals surface area (Å²) < 4.78 is 0. The standard InChI is InChI=1S/C11H18N2O4/c1-7(2)13(6-5-10(15)16)11(17)8-3-4-9(14)12-8/h7-8H,3-6H2,1-2H3,(H,12,14)(H,15,16)/t8-/m1/s1. The quantitative estimate of drug-likeness (QED) is 0.709. The Morgan fingerprint density at radius 2 is 2.18 bits per heavy atom. The van der Waals surface area contributed by atoms with Crippen LogP contribution < -0.4 is 5.32 Å². The van der Waals surface area contributed by atoms with Crippen molar-refractivity contribution >= 4 is 17.8 Å². The van der Waals surface area contributed by atoms with Crippen molar-refractivity contribution in [3.8, 4) is 0 Å². The van der Waals surface area contributed by atoms with Gasteiger partial charge in [0.25, 0.3) is 0 Å². The zero-order chi connectivity index (χ0) is 13.0. The lowest BCUT2D eigenvalue weighted by molar-refractivity contribution is -0.140. The van der Waals surface area contributed by atoms with E-state index in [2.05, 4.69) is 5.32 Å². The molecule has 17 heavy (non-hydrogen) atoms. The average molecular weight is 242 g/mol. The molecule has 0 aromatic rings. The van der Waals surface area contributed by atoms with Gasteiger partial charge >= 0.3 is 5.97 Å². The first-order valence-corrected chi connectivity index (χ1v) is 5.73. The summed E-state index contributed by atoms with van der Waals surface area (Å²) in [6, 6.07) is -0.557. The van der Waals surface area contributed by atoms with Gasteiger partial charge < -0.3 is 15.3 Å². The molecular formula is C11H18N2O4.